The monoisotopic (exact) mass is 284 g/mol. The summed E-state index contributed by atoms with van der Waals surface area (Å²) in [7, 11) is 0. The quantitative estimate of drug-likeness (QED) is 0.483. The molecule has 0 aromatic heterocycles. The van der Waals surface area contributed by atoms with Gasteiger partial charge in [0.2, 0.25) is 5.84 Å². The zero-order chi connectivity index (χ0) is 14.4. The predicted octanol–water partition coefficient (Wildman–Crippen LogP) is 2.03. The van der Waals surface area contributed by atoms with Gasteiger partial charge in [-0.3, -0.25) is 0 Å². The lowest BCUT2D eigenvalue weighted by molar-refractivity contribution is -0.212. The first-order valence-corrected chi connectivity index (χ1v) is 8.19. The molecule has 0 bridgehead atoms. The molecule has 0 aliphatic rings. The minimum absolute atomic E-state index is 0.177. The lowest BCUT2D eigenvalue weighted by Crippen LogP contribution is -2.21. The lowest BCUT2D eigenvalue weighted by Gasteiger charge is -2.11. The van der Waals surface area contributed by atoms with Gasteiger partial charge in [-0.1, -0.05) is 60.7 Å². The minimum Gasteiger partial charge on any atom is -0.858 e. The highest BCUT2D eigenvalue weighted by Gasteiger charge is 2.08. The van der Waals surface area contributed by atoms with E-state index in [1.807, 2.05) is 61.0 Å². The molecule has 0 atom stereocenters. The molecule has 2 rings (SSSR count). The van der Waals surface area contributed by atoms with Crippen LogP contribution in [-0.4, -0.2) is 24.2 Å². The van der Waals surface area contributed by atoms with Gasteiger partial charge in [0, 0.05) is 5.56 Å². The average molecular weight is 284 g/mol. The third-order valence-electron chi connectivity index (χ3n) is 2.53. The Morgan fingerprint density at radius 3 is 1.85 bits per heavy atom. The molecule has 0 spiro atoms. The van der Waals surface area contributed by atoms with Crippen LogP contribution in [0.1, 0.15) is 11.1 Å². The maximum atomic E-state index is 12.2. The molecule has 0 amide bonds. The first-order valence-electron chi connectivity index (χ1n) is 6.20. The number of hydrogen-bond donors (Lipinski definition) is 0. The predicted molar refractivity (Wildman–Crippen MR) is 85.2 cm³/mol. The standard InChI is InChI=1S/C16H16N2OS/c1-20(2)18-15(13-9-5-3-6-10-13)17-16(19)14-11-7-4-8-12-14/h3-12H,1-2H3. The van der Waals surface area contributed by atoms with Crippen molar-refractivity contribution >= 4 is 22.8 Å². The Hall–Kier alpha value is -2.07. The second kappa shape index (κ2) is 6.91. The van der Waals surface area contributed by atoms with Gasteiger partial charge in [0.15, 0.2) is 0 Å². The van der Waals surface area contributed by atoms with Gasteiger partial charge in [0.1, 0.15) is 23.6 Å². The van der Waals surface area contributed by atoms with Gasteiger partial charge in [0.05, 0.1) is 0 Å². The summed E-state index contributed by atoms with van der Waals surface area (Å²) in [4.78, 5) is 4.18. The normalized spacial score (nSPS) is 12.8. The van der Waals surface area contributed by atoms with Crippen LogP contribution in [-0.2, 0) is 11.1 Å². The van der Waals surface area contributed by atoms with Crippen LogP contribution in [0.4, 0.5) is 0 Å². The van der Waals surface area contributed by atoms with Crippen molar-refractivity contribution < 1.29 is 5.11 Å². The molecule has 20 heavy (non-hydrogen) atoms. The molecule has 0 unspecified atom stereocenters. The van der Waals surface area contributed by atoms with Gasteiger partial charge in [0.25, 0.3) is 0 Å². The SMILES string of the molecule is C[S+](C)/N=C(/N=C([O-])c1ccccc1)c1ccccc1. The van der Waals surface area contributed by atoms with E-state index in [0.29, 0.717) is 11.4 Å². The minimum atomic E-state index is -0.265. The zero-order valence-corrected chi connectivity index (χ0v) is 12.3. The summed E-state index contributed by atoms with van der Waals surface area (Å²) < 4.78 is 4.47. The second-order valence-electron chi connectivity index (χ2n) is 4.34. The van der Waals surface area contributed by atoms with Gasteiger partial charge >= 0.3 is 0 Å². The van der Waals surface area contributed by atoms with Crippen LogP contribution in [0.15, 0.2) is 70.1 Å². The van der Waals surface area contributed by atoms with Gasteiger partial charge in [-0.05, 0) is 15.9 Å². The van der Waals surface area contributed by atoms with Crippen molar-refractivity contribution in [3.05, 3.63) is 71.8 Å². The summed E-state index contributed by atoms with van der Waals surface area (Å²) in [5, 5.41) is 12.2. The van der Waals surface area contributed by atoms with Gasteiger partial charge in [-0.25, -0.2) is 4.99 Å². The molecule has 0 aliphatic heterocycles. The van der Waals surface area contributed by atoms with Crippen molar-refractivity contribution in [1.82, 2.24) is 0 Å². The number of hydrogen-bond acceptors (Lipinski definition) is 2. The van der Waals surface area contributed by atoms with Crippen LogP contribution in [0, 0.1) is 0 Å². The van der Waals surface area contributed by atoms with Crippen LogP contribution < -0.4 is 5.11 Å². The molecule has 2 aromatic rings. The highest BCUT2D eigenvalue weighted by atomic mass is 32.2. The van der Waals surface area contributed by atoms with E-state index < -0.39 is 0 Å². The first kappa shape index (κ1) is 14.3. The Morgan fingerprint density at radius 1 is 0.850 bits per heavy atom. The van der Waals surface area contributed by atoms with Gasteiger partial charge < -0.3 is 5.11 Å². The summed E-state index contributed by atoms with van der Waals surface area (Å²) in [5.74, 6) is 0.228. The fourth-order valence-electron chi connectivity index (χ4n) is 1.64. The van der Waals surface area contributed by atoms with Crippen LogP contribution in [0.3, 0.4) is 0 Å². The Morgan fingerprint density at radius 2 is 1.35 bits per heavy atom. The number of nitrogens with zero attached hydrogens (tertiary/aromatic N) is 2. The Kier molecular flexibility index (Phi) is 4.96. The molecule has 102 valence electrons. The molecular formula is C16H16N2OS. The summed E-state index contributed by atoms with van der Waals surface area (Å²) in [5.41, 5.74) is 1.43. The topological polar surface area (TPSA) is 47.8 Å². The van der Waals surface area contributed by atoms with E-state index in [4.69, 9.17) is 0 Å². The van der Waals surface area contributed by atoms with Crippen LogP contribution >= 0.6 is 0 Å². The molecule has 4 heteroatoms. The maximum absolute atomic E-state index is 12.2. The summed E-state index contributed by atoms with van der Waals surface area (Å²) in [6, 6.07) is 18.6. The fourth-order valence-corrected chi connectivity index (χ4v) is 2.13. The van der Waals surface area contributed by atoms with E-state index in [9.17, 15) is 5.11 Å². The van der Waals surface area contributed by atoms with E-state index in [2.05, 4.69) is 9.39 Å². The smallest absolute Gasteiger partial charge is 0.209 e. The number of aliphatic imine (C=N–C) groups is 1. The molecule has 0 heterocycles. The van der Waals surface area contributed by atoms with Crippen molar-refractivity contribution in [1.29, 1.82) is 0 Å². The van der Waals surface area contributed by atoms with Crippen molar-refractivity contribution in [2.45, 2.75) is 0 Å². The zero-order valence-electron chi connectivity index (χ0n) is 11.5. The average Bonchev–Trinajstić information content (AvgIpc) is 2.48. The number of benzene rings is 2. The van der Waals surface area contributed by atoms with Crippen LogP contribution in [0.25, 0.3) is 0 Å². The van der Waals surface area contributed by atoms with E-state index in [-0.39, 0.29) is 17.0 Å². The first-order chi connectivity index (χ1) is 9.66. The molecule has 0 saturated heterocycles. The van der Waals surface area contributed by atoms with E-state index in [1.165, 1.54) is 0 Å². The summed E-state index contributed by atoms with van der Waals surface area (Å²) >= 11 is -0.177. The maximum Gasteiger partial charge on any atom is 0.209 e. The van der Waals surface area contributed by atoms with Gasteiger partial charge in [-0.2, -0.15) is 0 Å². The third kappa shape index (κ3) is 3.96. The molecule has 0 fully saturated rings. The second-order valence-corrected chi connectivity index (χ2v) is 6.07. The van der Waals surface area contributed by atoms with E-state index in [0.717, 1.165) is 5.56 Å². The van der Waals surface area contributed by atoms with E-state index >= 15 is 0 Å². The summed E-state index contributed by atoms with van der Waals surface area (Å²) in [6.45, 7) is 0. The lowest BCUT2D eigenvalue weighted by atomic mass is 10.2. The number of rotatable bonds is 3. The highest BCUT2D eigenvalue weighted by molar-refractivity contribution is 7.94. The molecule has 0 radical (unpaired) electrons. The molecule has 0 N–H and O–H groups in total. The third-order valence-corrected chi connectivity index (χ3v) is 3.07. The van der Waals surface area contributed by atoms with E-state index in [1.54, 1.807) is 12.1 Å². The van der Waals surface area contributed by atoms with Crippen LogP contribution in [0.2, 0.25) is 0 Å². The largest absolute Gasteiger partial charge is 0.858 e. The summed E-state index contributed by atoms with van der Waals surface area (Å²) in [6.07, 6.45) is 3.98. The fraction of sp³-hybridized carbons (Fsp3) is 0.125. The Balaban J connectivity index is 2.39. The Bertz CT molecular complexity index is 607. The van der Waals surface area contributed by atoms with Crippen molar-refractivity contribution in [2.75, 3.05) is 12.5 Å². The molecule has 3 nitrogen and oxygen atoms in total. The van der Waals surface area contributed by atoms with Crippen LogP contribution in [0.5, 0.6) is 0 Å². The van der Waals surface area contributed by atoms with Crippen molar-refractivity contribution in [3.63, 3.8) is 0 Å². The van der Waals surface area contributed by atoms with Crippen molar-refractivity contribution in [3.8, 4) is 0 Å². The molecule has 0 aliphatic carbocycles. The molecule has 0 saturated carbocycles. The molecular weight excluding hydrogens is 268 g/mol. The number of amidine groups is 1. The Labute approximate surface area is 122 Å². The van der Waals surface area contributed by atoms with Gasteiger partial charge in [-0.15, -0.1) is 0 Å². The molecule has 2 aromatic carbocycles. The van der Waals surface area contributed by atoms with Crippen molar-refractivity contribution in [2.24, 2.45) is 9.39 Å². The highest BCUT2D eigenvalue weighted by Crippen LogP contribution is 2.07.